The summed E-state index contributed by atoms with van der Waals surface area (Å²) in [6.07, 6.45) is 1.13. The van der Waals surface area contributed by atoms with E-state index in [1.807, 2.05) is 0 Å². The zero-order chi connectivity index (χ0) is 14.5. The second-order valence-electron chi connectivity index (χ2n) is 4.88. The lowest BCUT2D eigenvalue weighted by Gasteiger charge is -2.14. The first-order valence-corrected chi connectivity index (χ1v) is 6.60. The van der Waals surface area contributed by atoms with Gasteiger partial charge >= 0.3 is 6.61 Å². The van der Waals surface area contributed by atoms with Crippen molar-refractivity contribution in [3.05, 3.63) is 29.8 Å². The van der Waals surface area contributed by atoms with Gasteiger partial charge in [0, 0.05) is 25.2 Å². The summed E-state index contributed by atoms with van der Waals surface area (Å²) in [5.41, 5.74) is 0.666. The van der Waals surface area contributed by atoms with Crippen molar-refractivity contribution in [1.29, 1.82) is 0 Å². The van der Waals surface area contributed by atoms with E-state index in [1.165, 1.54) is 6.07 Å². The van der Waals surface area contributed by atoms with E-state index in [2.05, 4.69) is 27.3 Å². The van der Waals surface area contributed by atoms with E-state index in [1.54, 1.807) is 25.2 Å². The number of guanidine groups is 1. The van der Waals surface area contributed by atoms with Crippen LogP contribution < -0.4 is 15.4 Å². The van der Waals surface area contributed by atoms with Gasteiger partial charge < -0.3 is 15.4 Å². The Morgan fingerprint density at radius 3 is 2.75 bits per heavy atom. The van der Waals surface area contributed by atoms with E-state index in [4.69, 9.17) is 0 Å². The molecule has 20 heavy (non-hydrogen) atoms. The van der Waals surface area contributed by atoms with Gasteiger partial charge in [0.2, 0.25) is 0 Å². The molecule has 0 heterocycles. The Labute approximate surface area is 117 Å². The second kappa shape index (κ2) is 6.54. The molecule has 2 unspecified atom stereocenters. The molecule has 1 aliphatic rings. The minimum atomic E-state index is -2.82. The summed E-state index contributed by atoms with van der Waals surface area (Å²) < 4.78 is 29.1. The molecule has 1 aliphatic carbocycles. The van der Waals surface area contributed by atoms with Crippen LogP contribution in [0.3, 0.4) is 0 Å². The number of benzene rings is 1. The predicted molar refractivity (Wildman–Crippen MR) is 74.0 cm³/mol. The van der Waals surface area contributed by atoms with Gasteiger partial charge in [-0.3, -0.25) is 4.99 Å². The van der Waals surface area contributed by atoms with Crippen LogP contribution in [0.25, 0.3) is 0 Å². The van der Waals surface area contributed by atoms with Gasteiger partial charge in [-0.1, -0.05) is 25.1 Å². The molecule has 2 atom stereocenters. The highest BCUT2D eigenvalue weighted by Crippen LogP contribution is 2.28. The maximum atomic E-state index is 12.3. The zero-order valence-electron chi connectivity index (χ0n) is 11.6. The molecule has 1 fully saturated rings. The topological polar surface area (TPSA) is 45.7 Å². The predicted octanol–water partition coefficient (Wildman–Crippen LogP) is 2.36. The first-order valence-electron chi connectivity index (χ1n) is 6.60. The van der Waals surface area contributed by atoms with Crippen LogP contribution in [0.1, 0.15) is 18.9 Å². The Balaban J connectivity index is 1.92. The van der Waals surface area contributed by atoms with Crippen molar-refractivity contribution in [1.82, 2.24) is 10.6 Å². The SMILES string of the molecule is CN=C(NCc1ccccc1OC(F)F)NC1CC1C. The van der Waals surface area contributed by atoms with Crippen LogP contribution in [-0.2, 0) is 6.54 Å². The first kappa shape index (κ1) is 14.6. The van der Waals surface area contributed by atoms with Crippen molar-refractivity contribution in [2.75, 3.05) is 7.05 Å². The molecule has 0 aromatic heterocycles. The van der Waals surface area contributed by atoms with Gasteiger partial charge in [0.15, 0.2) is 5.96 Å². The van der Waals surface area contributed by atoms with Crippen molar-refractivity contribution in [3.63, 3.8) is 0 Å². The van der Waals surface area contributed by atoms with Gasteiger partial charge in [-0.25, -0.2) is 0 Å². The minimum Gasteiger partial charge on any atom is -0.434 e. The molecule has 0 aliphatic heterocycles. The maximum absolute atomic E-state index is 12.3. The Morgan fingerprint density at radius 2 is 2.15 bits per heavy atom. The number of rotatable bonds is 5. The third kappa shape index (κ3) is 4.08. The van der Waals surface area contributed by atoms with Crippen molar-refractivity contribution >= 4 is 5.96 Å². The molecule has 6 heteroatoms. The standard InChI is InChI=1S/C14H19F2N3O/c1-9-7-11(9)19-14(17-2)18-8-10-5-3-4-6-12(10)20-13(15)16/h3-6,9,11,13H,7-8H2,1-2H3,(H2,17,18,19). The summed E-state index contributed by atoms with van der Waals surface area (Å²) in [5, 5.41) is 6.38. The van der Waals surface area contributed by atoms with Gasteiger partial charge in [0.05, 0.1) is 0 Å². The number of nitrogens with one attached hydrogen (secondary N) is 2. The van der Waals surface area contributed by atoms with Crippen LogP contribution in [0.5, 0.6) is 5.75 Å². The number of nitrogens with zero attached hydrogens (tertiary/aromatic N) is 1. The summed E-state index contributed by atoms with van der Waals surface area (Å²) in [5.74, 6) is 1.51. The van der Waals surface area contributed by atoms with Crippen LogP contribution in [0, 0.1) is 5.92 Å². The number of alkyl halides is 2. The fourth-order valence-corrected chi connectivity index (χ4v) is 1.93. The smallest absolute Gasteiger partial charge is 0.387 e. The van der Waals surface area contributed by atoms with E-state index in [-0.39, 0.29) is 5.75 Å². The Kier molecular flexibility index (Phi) is 4.76. The number of hydrogen-bond donors (Lipinski definition) is 2. The minimum absolute atomic E-state index is 0.185. The van der Waals surface area contributed by atoms with Crippen LogP contribution in [0.15, 0.2) is 29.3 Å². The van der Waals surface area contributed by atoms with Crippen LogP contribution in [0.4, 0.5) is 8.78 Å². The highest BCUT2D eigenvalue weighted by molar-refractivity contribution is 5.80. The molecule has 2 N–H and O–H groups in total. The van der Waals surface area contributed by atoms with Crippen LogP contribution >= 0.6 is 0 Å². The van der Waals surface area contributed by atoms with E-state index in [0.717, 1.165) is 6.42 Å². The third-order valence-electron chi connectivity index (χ3n) is 3.29. The van der Waals surface area contributed by atoms with Crippen molar-refractivity contribution in [2.45, 2.75) is 32.5 Å². The van der Waals surface area contributed by atoms with E-state index in [9.17, 15) is 8.78 Å². The highest BCUT2D eigenvalue weighted by Gasteiger charge is 2.33. The molecule has 1 saturated carbocycles. The van der Waals surface area contributed by atoms with Crippen LogP contribution in [0.2, 0.25) is 0 Å². The number of ether oxygens (including phenoxy) is 1. The summed E-state index contributed by atoms with van der Waals surface area (Å²) in [7, 11) is 1.68. The summed E-state index contributed by atoms with van der Waals surface area (Å²) in [4.78, 5) is 4.11. The molecule has 0 radical (unpaired) electrons. The van der Waals surface area contributed by atoms with Gasteiger partial charge in [0.25, 0.3) is 0 Å². The van der Waals surface area contributed by atoms with Gasteiger partial charge in [0.1, 0.15) is 5.75 Å². The zero-order valence-corrected chi connectivity index (χ0v) is 11.6. The molecular weight excluding hydrogens is 264 g/mol. The van der Waals surface area contributed by atoms with Gasteiger partial charge in [-0.15, -0.1) is 0 Å². The van der Waals surface area contributed by atoms with Crippen molar-refractivity contribution in [2.24, 2.45) is 10.9 Å². The van der Waals surface area contributed by atoms with Crippen molar-refractivity contribution in [3.8, 4) is 5.75 Å². The maximum Gasteiger partial charge on any atom is 0.387 e. The molecule has 4 nitrogen and oxygen atoms in total. The average Bonchev–Trinajstić information content (AvgIpc) is 3.11. The summed E-state index contributed by atoms with van der Waals surface area (Å²) >= 11 is 0. The molecule has 0 spiro atoms. The lowest BCUT2D eigenvalue weighted by Crippen LogP contribution is -2.38. The lowest BCUT2D eigenvalue weighted by molar-refractivity contribution is -0.0504. The second-order valence-corrected chi connectivity index (χ2v) is 4.88. The largest absolute Gasteiger partial charge is 0.434 e. The molecule has 1 aromatic rings. The Hall–Kier alpha value is -1.85. The molecule has 0 bridgehead atoms. The molecule has 1 aromatic carbocycles. The molecule has 0 saturated heterocycles. The first-order chi connectivity index (χ1) is 9.60. The monoisotopic (exact) mass is 283 g/mol. The van der Waals surface area contributed by atoms with Gasteiger partial charge in [-0.05, 0) is 18.4 Å². The number of hydrogen-bond acceptors (Lipinski definition) is 2. The lowest BCUT2D eigenvalue weighted by atomic mass is 10.2. The fraction of sp³-hybridized carbons (Fsp3) is 0.500. The quantitative estimate of drug-likeness (QED) is 0.644. The summed E-state index contributed by atoms with van der Waals surface area (Å²) in [6, 6.07) is 7.18. The van der Waals surface area contributed by atoms with E-state index in [0.29, 0.717) is 30.0 Å². The van der Waals surface area contributed by atoms with Crippen molar-refractivity contribution < 1.29 is 13.5 Å². The van der Waals surface area contributed by atoms with Gasteiger partial charge in [-0.2, -0.15) is 8.78 Å². The third-order valence-corrected chi connectivity index (χ3v) is 3.29. The number of aliphatic imine (C=N–C) groups is 1. The van der Waals surface area contributed by atoms with E-state index < -0.39 is 6.61 Å². The Morgan fingerprint density at radius 1 is 1.45 bits per heavy atom. The molecule has 2 rings (SSSR count). The fourth-order valence-electron chi connectivity index (χ4n) is 1.93. The average molecular weight is 283 g/mol. The van der Waals surface area contributed by atoms with Crippen LogP contribution in [-0.4, -0.2) is 25.7 Å². The molecular formula is C14H19F2N3O. The highest BCUT2D eigenvalue weighted by atomic mass is 19.3. The van der Waals surface area contributed by atoms with E-state index >= 15 is 0 Å². The number of para-hydroxylation sites is 1. The molecule has 110 valence electrons. The normalized spacial score (nSPS) is 21.8. The summed E-state index contributed by atoms with van der Waals surface area (Å²) in [6.45, 7) is -0.277. The molecule has 0 amide bonds. The number of halogens is 2. The Bertz CT molecular complexity index is 479.